The van der Waals surface area contributed by atoms with Crippen LogP contribution in [0.25, 0.3) is 0 Å². The SMILES string of the molecule is Cc1nc(Nc2cccc(C)c2C)cc(C(=O)Nc2ccc(F)cc2F)n1. The fourth-order valence-corrected chi connectivity index (χ4v) is 2.55. The summed E-state index contributed by atoms with van der Waals surface area (Å²) in [5, 5.41) is 5.57. The number of halogens is 2. The van der Waals surface area contributed by atoms with Crippen molar-refractivity contribution in [2.75, 3.05) is 10.6 Å². The number of benzene rings is 2. The molecular weight excluding hydrogens is 350 g/mol. The summed E-state index contributed by atoms with van der Waals surface area (Å²) in [4.78, 5) is 20.8. The molecule has 1 aromatic heterocycles. The molecule has 3 rings (SSSR count). The van der Waals surface area contributed by atoms with Gasteiger partial charge in [0.05, 0.1) is 5.69 Å². The highest BCUT2D eigenvalue weighted by Gasteiger charge is 2.14. The van der Waals surface area contributed by atoms with Crippen LogP contribution in [0.2, 0.25) is 0 Å². The minimum absolute atomic E-state index is 0.0685. The summed E-state index contributed by atoms with van der Waals surface area (Å²) in [6.45, 7) is 5.64. The van der Waals surface area contributed by atoms with Crippen LogP contribution in [0.1, 0.15) is 27.4 Å². The van der Waals surface area contributed by atoms with Crippen LogP contribution in [0.15, 0.2) is 42.5 Å². The van der Waals surface area contributed by atoms with Crippen LogP contribution in [-0.4, -0.2) is 15.9 Å². The van der Waals surface area contributed by atoms with Crippen molar-refractivity contribution >= 4 is 23.1 Å². The van der Waals surface area contributed by atoms with E-state index in [1.54, 1.807) is 6.92 Å². The number of aryl methyl sites for hydroxylation is 2. The molecular formula is C20H18F2N4O. The number of aromatic nitrogens is 2. The summed E-state index contributed by atoms with van der Waals surface area (Å²) in [5.41, 5.74) is 2.99. The minimum Gasteiger partial charge on any atom is -0.340 e. The van der Waals surface area contributed by atoms with Crippen LogP contribution >= 0.6 is 0 Å². The zero-order chi connectivity index (χ0) is 19.6. The Kier molecular flexibility index (Phi) is 5.12. The van der Waals surface area contributed by atoms with Crippen molar-refractivity contribution in [1.82, 2.24) is 9.97 Å². The summed E-state index contributed by atoms with van der Waals surface area (Å²) in [7, 11) is 0. The summed E-state index contributed by atoms with van der Waals surface area (Å²) < 4.78 is 26.8. The third-order valence-corrected chi connectivity index (χ3v) is 4.12. The van der Waals surface area contributed by atoms with Crippen LogP contribution in [0, 0.1) is 32.4 Å². The van der Waals surface area contributed by atoms with Crippen molar-refractivity contribution < 1.29 is 13.6 Å². The second-order valence-electron chi connectivity index (χ2n) is 6.14. The van der Waals surface area contributed by atoms with E-state index in [0.717, 1.165) is 28.9 Å². The third kappa shape index (κ3) is 4.25. The van der Waals surface area contributed by atoms with Crippen LogP contribution in [0.3, 0.4) is 0 Å². The molecule has 27 heavy (non-hydrogen) atoms. The van der Waals surface area contributed by atoms with E-state index in [0.29, 0.717) is 17.7 Å². The number of carbonyl (C=O) groups excluding carboxylic acids is 1. The number of anilines is 3. The van der Waals surface area contributed by atoms with Gasteiger partial charge in [-0.15, -0.1) is 0 Å². The summed E-state index contributed by atoms with van der Waals surface area (Å²) >= 11 is 0. The maximum absolute atomic E-state index is 13.8. The zero-order valence-electron chi connectivity index (χ0n) is 15.1. The fourth-order valence-electron chi connectivity index (χ4n) is 2.55. The van der Waals surface area contributed by atoms with Gasteiger partial charge in [0.15, 0.2) is 0 Å². The van der Waals surface area contributed by atoms with Crippen molar-refractivity contribution in [3.05, 3.63) is 76.7 Å². The normalized spacial score (nSPS) is 10.6. The lowest BCUT2D eigenvalue weighted by Gasteiger charge is -2.12. The molecule has 5 nitrogen and oxygen atoms in total. The van der Waals surface area contributed by atoms with Gasteiger partial charge in [-0.1, -0.05) is 12.1 Å². The molecule has 0 atom stereocenters. The van der Waals surface area contributed by atoms with Gasteiger partial charge in [-0.2, -0.15) is 0 Å². The van der Waals surface area contributed by atoms with Gasteiger partial charge < -0.3 is 10.6 Å². The molecule has 1 heterocycles. The molecule has 0 fully saturated rings. The average molecular weight is 368 g/mol. The van der Waals surface area contributed by atoms with E-state index in [-0.39, 0.29) is 11.4 Å². The molecule has 0 saturated heterocycles. The van der Waals surface area contributed by atoms with Gasteiger partial charge in [0, 0.05) is 17.8 Å². The largest absolute Gasteiger partial charge is 0.340 e. The molecule has 3 aromatic rings. The molecule has 7 heteroatoms. The molecule has 0 spiro atoms. The number of hydrogen-bond donors (Lipinski definition) is 2. The van der Waals surface area contributed by atoms with Crippen molar-refractivity contribution in [2.45, 2.75) is 20.8 Å². The molecule has 0 aliphatic heterocycles. The Morgan fingerprint density at radius 1 is 0.963 bits per heavy atom. The van der Waals surface area contributed by atoms with Gasteiger partial charge in [-0.05, 0) is 50.1 Å². The zero-order valence-corrected chi connectivity index (χ0v) is 15.1. The maximum atomic E-state index is 13.8. The molecule has 0 aliphatic rings. The number of nitrogens with zero attached hydrogens (tertiary/aromatic N) is 2. The lowest BCUT2D eigenvalue weighted by Crippen LogP contribution is -2.16. The van der Waals surface area contributed by atoms with Crippen molar-refractivity contribution in [2.24, 2.45) is 0 Å². The van der Waals surface area contributed by atoms with Gasteiger partial charge in [0.25, 0.3) is 5.91 Å². The van der Waals surface area contributed by atoms with Crippen molar-refractivity contribution in [1.29, 1.82) is 0 Å². The Labute approximate surface area is 155 Å². The van der Waals surface area contributed by atoms with E-state index in [9.17, 15) is 13.6 Å². The summed E-state index contributed by atoms with van der Waals surface area (Å²) in [6.07, 6.45) is 0. The van der Waals surface area contributed by atoms with Gasteiger partial charge >= 0.3 is 0 Å². The maximum Gasteiger partial charge on any atom is 0.274 e. The molecule has 0 unspecified atom stereocenters. The smallest absolute Gasteiger partial charge is 0.274 e. The number of rotatable bonds is 4. The van der Waals surface area contributed by atoms with E-state index in [1.165, 1.54) is 6.07 Å². The Morgan fingerprint density at radius 2 is 1.74 bits per heavy atom. The van der Waals surface area contributed by atoms with Crippen LogP contribution in [0.5, 0.6) is 0 Å². The number of nitrogens with one attached hydrogen (secondary N) is 2. The second kappa shape index (κ2) is 7.49. The fraction of sp³-hybridized carbons (Fsp3) is 0.150. The number of hydrogen-bond acceptors (Lipinski definition) is 4. The standard InChI is InChI=1S/C20H18F2N4O/c1-11-5-4-6-16(12(11)2)25-19-10-18(23-13(3)24-19)20(27)26-17-8-7-14(21)9-15(17)22/h4-10H,1-3H3,(H,26,27)(H,23,24,25). The van der Waals surface area contributed by atoms with Crippen molar-refractivity contribution in [3.63, 3.8) is 0 Å². The van der Waals surface area contributed by atoms with Crippen molar-refractivity contribution in [3.8, 4) is 0 Å². The van der Waals surface area contributed by atoms with Crippen LogP contribution in [0.4, 0.5) is 26.0 Å². The minimum atomic E-state index is -0.858. The summed E-state index contributed by atoms with van der Waals surface area (Å²) in [5.74, 6) is -1.36. The Balaban J connectivity index is 1.86. The predicted molar refractivity (Wildman–Crippen MR) is 100 cm³/mol. The molecule has 0 saturated carbocycles. The Bertz CT molecular complexity index is 1020. The Hall–Kier alpha value is -3.35. The molecule has 1 amide bonds. The first-order valence-electron chi connectivity index (χ1n) is 8.29. The first kappa shape index (κ1) is 18.4. The van der Waals surface area contributed by atoms with E-state index in [4.69, 9.17) is 0 Å². The van der Waals surface area contributed by atoms with Gasteiger partial charge in [-0.25, -0.2) is 18.7 Å². The highest BCUT2D eigenvalue weighted by molar-refractivity contribution is 6.03. The van der Waals surface area contributed by atoms with Gasteiger partial charge in [-0.3, -0.25) is 4.79 Å². The highest BCUT2D eigenvalue weighted by Crippen LogP contribution is 2.22. The number of carbonyl (C=O) groups is 1. The lowest BCUT2D eigenvalue weighted by molar-refractivity contribution is 0.102. The third-order valence-electron chi connectivity index (χ3n) is 4.12. The monoisotopic (exact) mass is 368 g/mol. The number of amides is 1. The molecule has 138 valence electrons. The molecule has 0 radical (unpaired) electrons. The van der Waals surface area contributed by atoms with Crippen LogP contribution in [-0.2, 0) is 0 Å². The molecule has 0 aliphatic carbocycles. The molecule has 0 bridgehead atoms. The Morgan fingerprint density at radius 3 is 2.48 bits per heavy atom. The lowest BCUT2D eigenvalue weighted by atomic mass is 10.1. The summed E-state index contributed by atoms with van der Waals surface area (Å²) in [6, 6.07) is 10.2. The quantitative estimate of drug-likeness (QED) is 0.702. The molecule has 2 aromatic carbocycles. The van der Waals surface area contributed by atoms with Crippen LogP contribution < -0.4 is 10.6 Å². The van der Waals surface area contributed by atoms with Gasteiger partial charge in [0.2, 0.25) is 0 Å². The second-order valence-corrected chi connectivity index (χ2v) is 6.14. The van der Waals surface area contributed by atoms with E-state index >= 15 is 0 Å². The first-order chi connectivity index (χ1) is 12.8. The topological polar surface area (TPSA) is 66.9 Å². The highest BCUT2D eigenvalue weighted by atomic mass is 19.1. The average Bonchev–Trinajstić information content (AvgIpc) is 2.61. The van der Waals surface area contributed by atoms with E-state index in [1.807, 2.05) is 32.0 Å². The predicted octanol–water partition coefficient (Wildman–Crippen LogP) is 4.68. The first-order valence-corrected chi connectivity index (χ1v) is 8.29. The van der Waals surface area contributed by atoms with Gasteiger partial charge in [0.1, 0.15) is 29.0 Å². The van der Waals surface area contributed by atoms with E-state index < -0.39 is 17.5 Å². The van der Waals surface area contributed by atoms with E-state index in [2.05, 4.69) is 20.6 Å². The molecule has 2 N–H and O–H groups in total.